The smallest absolute Gasteiger partial charge is 0.121 e. The van der Waals surface area contributed by atoms with Crippen LogP contribution in [0, 0.1) is 10.8 Å². The first-order valence-corrected chi connectivity index (χ1v) is 23.9. The summed E-state index contributed by atoms with van der Waals surface area (Å²) >= 11 is 0. The number of rotatable bonds is 16. The number of fused-ring (bicyclic) bond motifs is 6. The van der Waals surface area contributed by atoms with Crippen molar-refractivity contribution in [3.8, 4) is 0 Å². The van der Waals surface area contributed by atoms with Gasteiger partial charge < -0.3 is 28.7 Å². The molecule has 0 aliphatic carbocycles. The van der Waals surface area contributed by atoms with Gasteiger partial charge in [0.05, 0.1) is 65.7 Å². The van der Waals surface area contributed by atoms with Crippen LogP contribution in [0.5, 0.6) is 0 Å². The Bertz CT molecular complexity index is 2050. The van der Waals surface area contributed by atoms with Crippen LogP contribution in [0.15, 0.2) is 182 Å². The molecule has 0 amide bonds. The molecule has 6 aromatic carbocycles. The number of quaternary nitrogens is 2. The molecule has 6 heteroatoms. The lowest BCUT2D eigenvalue weighted by molar-refractivity contribution is -0.946. The minimum atomic E-state index is -0.949. The Labute approximate surface area is 381 Å². The molecule has 6 aliphatic heterocycles. The SMILES string of the molecule is OC(c1ccccc1)(c1ccccc1)C12CC[N+](CCOCc3ccccc3)(CC1)CC2.OC(c1ccccc1)(c1ccccc1)C12CC[N+](CCOCc3ccccc3)(CC1)CC2. The molecule has 12 rings (SSSR count). The first-order chi connectivity index (χ1) is 31.3. The molecule has 0 atom stereocenters. The predicted octanol–water partition coefficient (Wildman–Crippen LogP) is 10.3. The highest BCUT2D eigenvalue weighted by atomic mass is 16.5. The second kappa shape index (κ2) is 19.3. The third-order valence-electron chi connectivity index (χ3n) is 16.3. The topological polar surface area (TPSA) is 58.9 Å². The zero-order valence-electron chi connectivity index (χ0n) is 37.7. The lowest BCUT2D eigenvalue weighted by atomic mass is 9.56. The van der Waals surface area contributed by atoms with E-state index in [1.807, 2.05) is 36.4 Å². The minimum Gasteiger partial charge on any atom is -0.380 e. The molecule has 64 heavy (non-hydrogen) atoms. The van der Waals surface area contributed by atoms with Gasteiger partial charge in [-0.2, -0.15) is 0 Å². The van der Waals surface area contributed by atoms with Crippen molar-refractivity contribution in [3.05, 3.63) is 215 Å². The van der Waals surface area contributed by atoms with Gasteiger partial charge >= 0.3 is 0 Å². The second-order valence-electron chi connectivity index (χ2n) is 19.5. The highest BCUT2D eigenvalue weighted by Crippen LogP contribution is 2.59. The van der Waals surface area contributed by atoms with Crippen molar-refractivity contribution in [2.45, 2.75) is 62.9 Å². The maximum Gasteiger partial charge on any atom is 0.121 e. The molecular weight excluding hydrogens is 789 g/mol. The van der Waals surface area contributed by atoms with Crippen LogP contribution in [0.3, 0.4) is 0 Å². The minimum absolute atomic E-state index is 0.111. The molecule has 0 unspecified atom stereocenters. The number of piperidine rings is 6. The van der Waals surface area contributed by atoms with Crippen molar-refractivity contribution in [1.29, 1.82) is 0 Å². The second-order valence-corrected chi connectivity index (χ2v) is 19.5. The molecular formula is C58H68N2O4+2. The maximum absolute atomic E-state index is 12.4. The molecule has 0 spiro atoms. The zero-order valence-corrected chi connectivity index (χ0v) is 37.7. The molecule has 4 bridgehead atoms. The summed E-state index contributed by atoms with van der Waals surface area (Å²) in [6, 6.07) is 62.2. The summed E-state index contributed by atoms with van der Waals surface area (Å²) < 4.78 is 14.3. The van der Waals surface area contributed by atoms with Crippen LogP contribution in [0.25, 0.3) is 0 Å². The van der Waals surface area contributed by atoms with E-state index in [9.17, 15) is 10.2 Å². The maximum atomic E-state index is 12.4. The van der Waals surface area contributed by atoms with E-state index in [1.165, 1.54) is 11.1 Å². The summed E-state index contributed by atoms with van der Waals surface area (Å²) in [5, 5.41) is 24.9. The summed E-state index contributed by atoms with van der Waals surface area (Å²) in [6.07, 6.45) is 6.29. The number of hydrogen-bond donors (Lipinski definition) is 2. The molecule has 6 saturated heterocycles. The Balaban J connectivity index is 0.000000162. The molecule has 6 heterocycles. The molecule has 2 N–H and O–H groups in total. The lowest BCUT2D eigenvalue weighted by Gasteiger charge is -2.60. The van der Waals surface area contributed by atoms with Gasteiger partial charge in [0, 0.05) is 49.4 Å². The van der Waals surface area contributed by atoms with Gasteiger partial charge in [-0.05, 0) is 33.4 Å². The number of benzene rings is 6. The predicted molar refractivity (Wildman–Crippen MR) is 256 cm³/mol. The molecule has 0 aromatic heterocycles. The van der Waals surface area contributed by atoms with Crippen LogP contribution in [-0.4, -0.2) is 84.8 Å². The summed E-state index contributed by atoms with van der Waals surface area (Å²) in [7, 11) is 0. The van der Waals surface area contributed by atoms with E-state index in [4.69, 9.17) is 9.47 Å². The fourth-order valence-corrected chi connectivity index (χ4v) is 12.2. The Kier molecular flexibility index (Phi) is 13.3. The Morgan fingerprint density at radius 2 is 0.594 bits per heavy atom. The van der Waals surface area contributed by atoms with Crippen molar-refractivity contribution in [3.63, 3.8) is 0 Å². The average Bonchev–Trinajstić information content (AvgIpc) is 3.39. The van der Waals surface area contributed by atoms with E-state index in [0.29, 0.717) is 13.2 Å². The standard InChI is InChI=1S/2C29H34NO2/c2*31-29(26-12-6-2-7-13-26,27-14-8-3-9-15-27)28-16-19-30(20-17-28,21-18-28)22-23-32-24-25-10-4-1-5-11-25/h2*1-15,31H,16-24H2/q2*+1. The fourth-order valence-electron chi connectivity index (χ4n) is 12.2. The van der Waals surface area contributed by atoms with Gasteiger partial charge in [0.1, 0.15) is 24.3 Å². The largest absolute Gasteiger partial charge is 0.380 e. The number of nitrogens with zero attached hydrogens (tertiary/aromatic N) is 2. The molecule has 6 aromatic rings. The Morgan fingerprint density at radius 1 is 0.359 bits per heavy atom. The average molecular weight is 857 g/mol. The van der Waals surface area contributed by atoms with Crippen LogP contribution in [0.4, 0.5) is 0 Å². The molecule has 0 saturated carbocycles. The summed E-state index contributed by atoms with van der Waals surface area (Å²) in [6.45, 7) is 11.8. The van der Waals surface area contributed by atoms with Gasteiger partial charge in [0.2, 0.25) is 0 Å². The van der Waals surface area contributed by atoms with Crippen molar-refractivity contribution >= 4 is 0 Å². The third kappa shape index (κ3) is 8.77. The Hall–Kier alpha value is -4.92. The Morgan fingerprint density at radius 3 is 0.844 bits per heavy atom. The van der Waals surface area contributed by atoms with E-state index >= 15 is 0 Å². The van der Waals surface area contributed by atoms with Crippen LogP contribution < -0.4 is 0 Å². The van der Waals surface area contributed by atoms with Gasteiger partial charge in [-0.15, -0.1) is 0 Å². The van der Waals surface area contributed by atoms with Crippen LogP contribution >= 0.6 is 0 Å². The molecule has 0 radical (unpaired) electrons. The van der Waals surface area contributed by atoms with Crippen LogP contribution in [-0.2, 0) is 33.9 Å². The first kappa shape index (κ1) is 44.3. The number of aliphatic hydroxyl groups is 2. The third-order valence-corrected chi connectivity index (χ3v) is 16.3. The summed E-state index contributed by atoms with van der Waals surface area (Å²) in [4.78, 5) is 0. The zero-order chi connectivity index (χ0) is 43.8. The first-order valence-electron chi connectivity index (χ1n) is 23.9. The van der Waals surface area contributed by atoms with Crippen LogP contribution in [0.1, 0.15) is 71.9 Å². The van der Waals surface area contributed by atoms with Gasteiger partial charge in [-0.25, -0.2) is 0 Å². The van der Waals surface area contributed by atoms with Crippen molar-refractivity contribution in [2.75, 3.05) is 65.6 Å². The molecule has 6 nitrogen and oxygen atoms in total. The van der Waals surface area contributed by atoms with E-state index in [2.05, 4.69) is 146 Å². The van der Waals surface area contributed by atoms with Crippen molar-refractivity contribution in [2.24, 2.45) is 10.8 Å². The molecule has 6 fully saturated rings. The summed E-state index contributed by atoms with van der Waals surface area (Å²) in [5.74, 6) is 0. The summed E-state index contributed by atoms with van der Waals surface area (Å²) in [5.41, 5.74) is 4.46. The van der Waals surface area contributed by atoms with Crippen LogP contribution in [0.2, 0.25) is 0 Å². The highest BCUT2D eigenvalue weighted by molar-refractivity contribution is 5.41. The molecule has 332 valence electrons. The normalized spacial score (nSPS) is 25.0. The highest BCUT2D eigenvalue weighted by Gasteiger charge is 2.61. The van der Waals surface area contributed by atoms with Gasteiger partial charge in [0.15, 0.2) is 0 Å². The van der Waals surface area contributed by atoms with Crippen molar-refractivity contribution in [1.82, 2.24) is 0 Å². The van der Waals surface area contributed by atoms with E-state index in [1.54, 1.807) is 0 Å². The fraction of sp³-hybridized carbons (Fsp3) is 0.379. The number of hydrogen-bond acceptors (Lipinski definition) is 4. The van der Waals surface area contributed by atoms with Crippen molar-refractivity contribution < 1.29 is 28.7 Å². The van der Waals surface area contributed by atoms with Gasteiger partial charge in [-0.1, -0.05) is 182 Å². The van der Waals surface area contributed by atoms with E-state index in [0.717, 1.165) is 135 Å². The number of ether oxygens (including phenoxy) is 2. The monoisotopic (exact) mass is 857 g/mol. The van der Waals surface area contributed by atoms with E-state index in [-0.39, 0.29) is 10.8 Å². The van der Waals surface area contributed by atoms with E-state index < -0.39 is 11.2 Å². The lowest BCUT2D eigenvalue weighted by Crippen LogP contribution is -2.67. The van der Waals surface area contributed by atoms with Gasteiger partial charge in [-0.3, -0.25) is 0 Å². The molecule has 6 aliphatic rings. The quantitative estimate of drug-likeness (QED) is 0.0752. The van der Waals surface area contributed by atoms with Gasteiger partial charge in [0.25, 0.3) is 0 Å².